The molecule has 0 spiro atoms. The van der Waals surface area contributed by atoms with E-state index in [0.717, 1.165) is 28.8 Å². The van der Waals surface area contributed by atoms with Gasteiger partial charge in [-0.1, -0.05) is 97.1 Å². The summed E-state index contributed by atoms with van der Waals surface area (Å²) in [6.45, 7) is 2.76. The first-order chi connectivity index (χ1) is 25.6. The maximum atomic E-state index is 14.5. The van der Waals surface area contributed by atoms with Crippen LogP contribution in [0.4, 0.5) is 8.78 Å². The summed E-state index contributed by atoms with van der Waals surface area (Å²) in [5.74, 6) is -0.0484. The highest BCUT2D eigenvalue weighted by Gasteiger charge is 2.20. The molecule has 0 atom stereocenters. The Morgan fingerprint density at radius 2 is 1.48 bits per heavy atom. The number of hydrogen-bond donors (Lipinski definition) is 0. The van der Waals surface area contributed by atoms with E-state index in [-0.39, 0.29) is 11.6 Å². The molecule has 0 radical (unpaired) electrons. The van der Waals surface area contributed by atoms with Crippen LogP contribution < -0.4 is 0 Å². The second kappa shape index (κ2) is 13.1. The topological polar surface area (TPSA) is 35.6 Å². The number of nitrogens with zero attached hydrogens (tertiary/aromatic N) is 4. The Hall–Kier alpha value is -6.40. The maximum Gasteiger partial charge on any atom is 0.160 e. The fourth-order valence-electron chi connectivity index (χ4n) is 7.57. The van der Waals surface area contributed by atoms with Crippen molar-refractivity contribution in [3.63, 3.8) is 0 Å². The lowest BCUT2D eigenvalue weighted by atomic mass is 10.0. The summed E-state index contributed by atoms with van der Waals surface area (Å²) in [6, 6.07) is 38.1. The molecule has 9 rings (SSSR count). The van der Waals surface area contributed by atoms with Crippen LogP contribution >= 0.6 is 0 Å². The summed E-state index contributed by atoms with van der Waals surface area (Å²) >= 11 is 0. The second-order valence-corrected chi connectivity index (χ2v) is 13.1. The summed E-state index contributed by atoms with van der Waals surface area (Å²) in [7, 11) is 0. The lowest BCUT2D eigenvalue weighted by Gasteiger charge is -2.14. The van der Waals surface area contributed by atoms with E-state index in [9.17, 15) is 8.78 Å². The van der Waals surface area contributed by atoms with Crippen LogP contribution in [0.5, 0.6) is 0 Å². The van der Waals surface area contributed by atoms with E-state index in [1.807, 2.05) is 43.3 Å². The van der Waals surface area contributed by atoms with Gasteiger partial charge in [0.1, 0.15) is 11.6 Å². The van der Waals surface area contributed by atoms with Crippen LogP contribution in [0.25, 0.3) is 77.5 Å². The van der Waals surface area contributed by atoms with Gasteiger partial charge in [-0.05, 0) is 73.5 Å². The first kappa shape index (κ1) is 31.6. The third-order valence-electron chi connectivity index (χ3n) is 9.86. The Morgan fingerprint density at radius 3 is 2.33 bits per heavy atom. The highest BCUT2D eigenvalue weighted by atomic mass is 19.1. The molecule has 0 saturated heterocycles. The minimum absolute atomic E-state index is 0.180. The molecule has 0 fully saturated rings. The third kappa shape index (κ3) is 5.44. The molecule has 3 aromatic heterocycles. The molecule has 0 saturated carbocycles. The van der Waals surface area contributed by atoms with E-state index in [1.165, 1.54) is 50.8 Å². The summed E-state index contributed by atoms with van der Waals surface area (Å²) < 4.78 is 33.6. The molecule has 4 nitrogen and oxygen atoms in total. The number of halogens is 2. The van der Waals surface area contributed by atoms with Gasteiger partial charge in [-0.25, -0.2) is 18.7 Å². The smallest absolute Gasteiger partial charge is 0.160 e. The Labute approximate surface area is 300 Å². The van der Waals surface area contributed by atoms with Crippen molar-refractivity contribution in [2.75, 3.05) is 0 Å². The normalized spacial score (nSPS) is 13.7. The third-order valence-corrected chi connectivity index (χ3v) is 9.86. The lowest BCUT2D eigenvalue weighted by Crippen LogP contribution is -2.00. The number of allylic oxidation sites excluding steroid dienone is 8. The van der Waals surface area contributed by atoms with Crippen LogP contribution in [0, 0.1) is 5.82 Å². The second-order valence-electron chi connectivity index (χ2n) is 13.1. The summed E-state index contributed by atoms with van der Waals surface area (Å²) in [5.41, 5.74) is 8.83. The number of aromatic nitrogens is 4. The molecular weight excluding hydrogens is 647 g/mol. The Bertz CT molecular complexity index is 2810. The van der Waals surface area contributed by atoms with Crippen molar-refractivity contribution in [2.24, 2.45) is 0 Å². The zero-order chi connectivity index (χ0) is 35.2. The molecule has 1 aliphatic rings. The molecule has 0 amide bonds. The van der Waals surface area contributed by atoms with E-state index >= 15 is 0 Å². The van der Waals surface area contributed by atoms with Crippen molar-refractivity contribution in [1.29, 1.82) is 0 Å². The van der Waals surface area contributed by atoms with Crippen LogP contribution in [-0.4, -0.2) is 19.1 Å². The highest BCUT2D eigenvalue weighted by Crippen LogP contribution is 2.41. The van der Waals surface area contributed by atoms with Gasteiger partial charge in [-0.2, -0.15) is 0 Å². The van der Waals surface area contributed by atoms with Gasteiger partial charge in [0.15, 0.2) is 5.82 Å². The van der Waals surface area contributed by atoms with E-state index in [1.54, 1.807) is 6.07 Å². The van der Waals surface area contributed by atoms with Crippen LogP contribution in [0.1, 0.15) is 25.5 Å². The van der Waals surface area contributed by atoms with E-state index in [4.69, 9.17) is 9.97 Å². The molecule has 8 aromatic rings. The van der Waals surface area contributed by atoms with Gasteiger partial charge in [0.05, 0.1) is 27.9 Å². The van der Waals surface area contributed by atoms with Crippen molar-refractivity contribution < 1.29 is 8.78 Å². The van der Waals surface area contributed by atoms with Crippen molar-refractivity contribution in [2.45, 2.75) is 26.3 Å². The number of benzene rings is 5. The van der Waals surface area contributed by atoms with Crippen molar-refractivity contribution in [1.82, 2.24) is 19.1 Å². The Kier molecular flexibility index (Phi) is 7.92. The number of fused-ring (bicyclic) bond motifs is 7. The zero-order valence-electron chi connectivity index (χ0n) is 28.6. The fraction of sp³-hybridized carbons (Fsp3) is 0.0870. The summed E-state index contributed by atoms with van der Waals surface area (Å²) in [4.78, 5) is 9.92. The Balaban J connectivity index is 1.26. The quantitative estimate of drug-likeness (QED) is 0.157. The molecule has 0 aliphatic heterocycles. The first-order valence-electron chi connectivity index (χ1n) is 17.6. The molecule has 252 valence electrons. The van der Waals surface area contributed by atoms with Crippen molar-refractivity contribution in [3.05, 3.63) is 169 Å². The minimum atomic E-state index is -0.350. The average Bonchev–Trinajstić information content (AvgIpc) is 3.69. The number of rotatable bonds is 7. The largest absolute Gasteiger partial charge is 0.336 e. The van der Waals surface area contributed by atoms with Gasteiger partial charge in [0.25, 0.3) is 0 Å². The van der Waals surface area contributed by atoms with E-state index < -0.39 is 0 Å². The van der Waals surface area contributed by atoms with Gasteiger partial charge >= 0.3 is 0 Å². The molecule has 6 heteroatoms. The van der Waals surface area contributed by atoms with Crippen LogP contribution in [-0.2, 0) is 6.54 Å². The van der Waals surface area contributed by atoms with Crippen LogP contribution in [0.2, 0.25) is 0 Å². The van der Waals surface area contributed by atoms with Crippen molar-refractivity contribution >= 4 is 49.2 Å². The van der Waals surface area contributed by atoms with Crippen LogP contribution in [0.3, 0.4) is 0 Å². The van der Waals surface area contributed by atoms with Gasteiger partial charge in [0.2, 0.25) is 0 Å². The van der Waals surface area contributed by atoms with Gasteiger partial charge in [-0.3, -0.25) is 0 Å². The Morgan fingerprint density at radius 1 is 0.692 bits per heavy atom. The maximum absolute atomic E-state index is 14.5. The van der Waals surface area contributed by atoms with E-state index in [0.29, 0.717) is 41.2 Å². The van der Waals surface area contributed by atoms with Gasteiger partial charge in [-0.15, -0.1) is 0 Å². The predicted octanol–water partition coefficient (Wildman–Crippen LogP) is 12.3. The zero-order valence-corrected chi connectivity index (χ0v) is 28.6. The SMILES string of the molecule is C/C=C\C=C/Cn1c2ccccc2c2ccc3c(c4ccccc4n3-c3cccc(-c4nc(C5=CCCC(F)=C5)cc(-c5cccc(F)c5)n4)c3)c21. The van der Waals surface area contributed by atoms with Crippen molar-refractivity contribution in [3.8, 4) is 28.3 Å². The highest BCUT2D eigenvalue weighted by molar-refractivity contribution is 6.25. The summed E-state index contributed by atoms with van der Waals surface area (Å²) in [6.07, 6.45) is 12.9. The number of hydrogen-bond acceptors (Lipinski definition) is 2. The lowest BCUT2D eigenvalue weighted by molar-refractivity contribution is 0.589. The molecular formula is C46H34F2N4. The van der Waals surface area contributed by atoms with Gasteiger partial charge in [0, 0.05) is 56.8 Å². The standard InChI is InChI=1S/C46H34F2N4/c1-2-3-4-9-25-51-41-21-7-5-19-36(41)37-23-24-43-44(45(37)51)38-20-6-8-22-42(38)52(43)35-18-12-15-32(28-35)46-49-39(30-13-10-16-33(47)26-30)29-40(50-46)31-14-11-17-34(48)27-31/h2-10,12-16,18-24,26-29H,11,17,25H2,1H3/b3-2-,9-4-. The number of para-hydroxylation sites is 2. The monoisotopic (exact) mass is 680 g/mol. The molecule has 0 N–H and O–H groups in total. The molecule has 5 aromatic carbocycles. The van der Waals surface area contributed by atoms with E-state index in [2.05, 4.69) is 100 Å². The molecule has 52 heavy (non-hydrogen) atoms. The molecule has 0 unspecified atom stereocenters. The summed E-state index contributed by atoms with van der Waals surface area (Å²) in [5, 5.41) is 4.81. The minimum Gasteiger partial charge on any atom is -0.336 e. The van der Waals surface area contributed by atoms with Crippen LogP contribution in [0.15, 0.2) is 158 Å². The molecule has 0 bridgehead atoms. The van der Waals surface area contributed by atoms with Gasteiger partial charge < -0.3 is 9.13 Å². The predicted molar refractivity (Wildman–Crippen MR) is 211 cm³/mol. The molecule has 3 heterocycles. The average molecular weight is 681 g/mol. The first-order valence-corrected chi connectivity index (χ1v) is 17.6. The molecule has 1 aliphatic carbocycles. The fourth-order valence-corrected chi connectivity index (χ4v) is 7.57.